The molecule has 0 aliphatic rings. The highest BCUT2D eigenvalue weighted by molar-refractivity contribution is 6.36. The first-order valence-electron chi connectivity index (χ1n) is 16.0. The molecule has 0 aromatic carbocycles. The maximum absolute atomic E-state index is 12.3. The second kappa shape index (κ2) is 27.7. The summed E-state index contributed by atoms with van der Waals surface area (Å²) in [6.45, 7) is 4.54. The molecule has 0 aliphatic carbocycles. The average Bonchev–Trinajstić information content (AvgIpc) is 2.85. The number of ketones is 1. The molecule has 0 radical (unpaired) electrons. The van der Waals surface area contributed by atoms with E-state index in [0.717, 1.165) is 25.7 Å². The van der Waals surface area contributed by atoms with Gasteiger partial charge in [0.25, 0.3) is 5.91 Å². The molecule has 0 aliphatic heterocycles. The second-order valence-electron chi connectivity index (χ2n) is 11.1. The lowest BCUT2D eigenvalue weighted by Crippen LogP contribution is -2.30. The molecule has 1 amide bonds. The number of nitrogens with two attached hydrogens (primary N) is 1. The van der Waals surface area contributed by atoms with Crippen molar-refractivity contribution in [3.05, 3.63) is 0 Å². The van der Waals surface area contributed by atoms with E-state index in [1.807, 2.05) is 0 Å². The third-order valence-electron chi connectivity index (χ3n) is 7.68. The maximum Gasteiger partial charge on any atom is 0.285 e. The number of Topliss-reactive ketones (excluding diaryl/α,β-unsaturated/α-hetero) is 1. The number of hydrogen-bond acceptors (Lipinski definition) is 2. The average molecular weight is 494 g/mol. The molecule has 0 bridgehead atoms. The molecule has 0 aromatic heterocycles. The Kier molecular flexibility index (Phi) is 27.0. The summed E-state index contributed by atoms with van der Waals surface area (Å²) in [5.41, 5.74) is 5.33. The zero-order valence-electron chi connectivity index (χ0n) is 24.1. The Balaban J connectivity index is 3.67. The van der Waals surface area contributed by atoms with Crippen LogP contribution in [0.4, 0.5) is 0 Å². The van der Waals surface area contributed by atoms with Crippen LogP contribution in [0.25, 0.3) is 0 Å². The minimum Gasteiger partial charge on any atom is -0.363 e. The summed E-state index contributed by atoms with van der Waals surface area (Å²) in [5, 5.41) is 0. The number of hydrogen-bond donors (Lipinski definition) is 1. The van der Waals surface area contributed by atoms with Gasteiger partial charge in [-0.05, 0) is 12.8 Å². The number of amides is 1. The first kappa shape index (κ1) is 34.1. The molecular formula is C32H63NO2. The molecule has 208 valence electrons. The van der Waals surface area contributed by atoms with Gasteiger partial charge in [-0.25, -0.2) is 0 Å². The summed E-state index contributed by atoms with van der Waals surface area (Å²) in [7, 11) is 0. The van der Waals surface area contributed by atoms with E-state index in [0.29, 0.717) is 0 Å². The summed E-state index contributed by atoms with van der Waals surface area (Å²) in [5.74, 6) is -1.20. The lowest BCUT2D eigenvalue weighted by atomic mass is 9.90. The van der Waals surface area contributed by atoms with Gasteiger partial charge >= 0.3 is 0 Å². The molecule has 35 heavy (non-hydrogen) atoms. The molecule has 3 nitrogen and oxygen atoms in total. The highest BCUT2D eigenvalue weighted by Gasteiger charge is 2.22. The zero-order chi connectivity index (χ0) is 25.8. The van der Waals surface area contributed by atoms with Crippen LogP contribution in [0.3, 0.4) is 0 Å². The van der Waals surface area contributed by atoms with Crippen LogP contribution < -0.4 is 5.73 Å². The number of primary amides is 1. The molecule has 0 heterocycles. The smallest absolute Gasteiger partial charge is 0.285 e. The van der Waals surface area contributed by atoms with Crippen LogP contribution in [0, 0.1) is 5.92 Å². The van der Waals surface area contributed by atoms with Crippen molar-refractivity contribution in [3.63, 3.8) is 0 Å². The largest absolute Gasteiger partial charge is 0.363 e. The summed E-state index contributed by atoms with van der Waals surface area (Å²) in [6.07, 6.45) is 34.8. The summed E-state index contributed by atoms with van der Waals surface area (Å²) < 4.78 is 0. The molecule has 1 unspecified atom stereocenters. The Morgan fingerprint density at radius 1 is 0.429 bits per heavy atom. The van der Waals surface area contributed by atoms with Crippen molar-refractivity contribution in [1.29, 1.82) is 0 Å². The quantitative estimate of drug-likeness (QED) is 0.0832. The second-order valence-corrected chi connectivity index (χ2v) is 11.1. The minimum absolute atomic E-state index is 0.136. The summed E-state index contributed by atoms with van der Waals surface area (Å²) >= 11 is 0. The molecule has 0 spiro atoms. The van der Waals surface area contributed by atoms with Crippen LogP contribution in [0.1, 0.15) is 187 Å². The predicted molar refractivity (Wildman–Crippen MR) is 154 cm³/mol. The molecule has 0 aromatic rings. The van der Waals surface area contributed by atoms with Crippen molar-refractivity contribution in [2.45, 2.75) is 187 Å². The van der Waals surface area contributed by atoms with Crippen molar-refractivity contribution in [2.75, 3.05) is 0 Å². The van der Waals surface area contributed by atoms with Gasteiger partial charge < -0.3 is 5.73 Å². The van der Waals surface area contributed by atoms with Crippen molar-refractivity contribution >= 4 is 11.7 Å². The van der Waals surface area contributed by atoms with Gasteiger partial charge in [-0.1, -0.05) is 174 Å². The normalized spacial score (nSPS) is 12.2. The molecule has 3 heteroatoms. The minimum atomic E-state index is -0.733. The van der Waals surface area contributed by atoms with Crippen LogP contribution in [-0.4, -0.2) is 11.7 Å². The molecule has 1 atom stereocenters. The summed E-state index contributed by atoms with van der Waals surface area (Å²) in [4.78, 5) is 23.7. The Morgan fingerprint density at radius 3 is 0.886 bits per heavy atom. The highest BCUT2D eigenvalue weighted by Crippen LogP contribution is 2.21. The van der Waals surface area contributed by atoms with Crippen LogP contribution >= 0.6 is 0 Å². The monoisotopic (exact) mass is 493 g/mol. The first-order valence-corrected chi connectivity index (χ1v) is 16.0. The standard InChI is InChI=1S/C32H63NO2/c1-3-5-7-9-11-13-15-17-19-21-23-25-27-29-30(31(34)32(33)35)28-26-24-22-20-18-16-14-12-10-8-6-4-2/h30H,3-29H2,1-2H3,(H2,33,35). The zero-order valence-corrected chi connectivity index (χ0v) is 24.1. The van der Waals surface area contributed by atoms with Gasteiger partial charge in [-0.3, -0.25) is 9.59 Å². The summed E-state index contributed by atoms with van der Waals surface area (Å²) in [6, 6.07) is 0. The van der Waals surface area contributed by atoms with Gasteiger partial charge in [-0.15, -0.1) is 0 Å². The van der Waals surface area contributed by atoms with E-state index in [4.69, 9.17) is 5.73 Å². The van der Waals surface area contributed by atoms with Gasteiger partial charge in [0.2, 0.25) is 5.78 Å². The van der Waals surface area contributed by atoms with Gasteiger partial charge in [0.05, 0.1) is 0 Å². The molecule has 0 saturated heterocycles. The maximum atomic E-state index is 12.3. The third-order valence-corrected chi connectivity index (χ3v) is 7.68. The van der Waals surface area contributed by atoms with Crippen LogP contribution in [-0.2, 0) is 9.59 Å². The molecule has 0 rings (SSSR count). The van der Waals surface area contributed by atoms with Gasteiger partial charge in [0.15, 0.2) is 0 Å². The van der Waals surface area contributed by atoms with Crippen LogP contribution in [0.2, 0.25) is 0 Å². The van der Waals surface area contributed by atoms with E-state index < -0.39 is 5.91 Å². The Hall–Kier alpha value is -0.860. The predicted octanol–water partition coefficient (Wildman–Crippen LogP) is 10.2. The van der Waals surface area contributed by atoms with E-state index >= 15 is 0 Å². The van der Waals surface area contributed by atoms with E-state index in [9.17, 15) is 9.59 Å². The van der Waals surface area contributed by atoms with Crippen molar-refractivity contribution < 1.29 is 9.59 Å². The third kappa shape index (κ3) is 24.6. The number of carbonyl (C=O) groups is 2. The molecule has 2 N–H and O–H groups in total. The van der Waals surface area contributed by atoms with E-state index in [1.54, 1.807) is 0 Å². The number of unbranched alkanes of at least 4 members (excludes halogenated alkanes) is 23. The molecular weight excluding hydrogens is 430 g/mol. The van der Waals surface area contributed by atoms with Crippen molar-refractivity contribution in [3.8, 4) is 0 Å². The van der Waals surface area contributed by atoms with Gasteiger partial charge in [0.1, 0.15) is 0 Å². The lowest BCUT2D eigenvalue weighted by Gasteiger charge is -2.14. The number of rotatable bonds is 29. The fourth-order valence-corrected chi connectivity index (χ4v) is 5.25. The first-order chi connectivity index (χ1) is 17.1. The lowest BCUT2D eigenvalue weighted by molar-refractivity contribution is -0.138. The topological polar surface area (TPSA) is 60.2 Å². The SMILES string of the molecule is CCCCCCCCCCCCCCCC(CCCCCCCCCCCCCC)C(=O)C(N)=O. The number of carbonyl (C=O) groups excluding carboxylic acids is 2. The molecule has 0 saturated carbocycles. The Bertz CT molecular complexity index is 462. The molecule has 0 fully saturated rings. The van der Waals surface area contributed by atoms with Gasteiger partial charge in [-0.2, -0.15) is 0 Å². The van der Waals surface area contributed by atoms with E-state index in [-0.39, 0.29) is 11.7 Å². The Labute approximate surface area is 220 Å². The fourth-order valence-electron chi connectivity index (χ4n) is 5.25. The van der Waals surface area contributed by atoms with Gasteiger partial charge in [0, 0.05) is 5.92 Å². The fraction of sp³-hybridized carbons (Fsp3) is 0.938. The van der Waals surface area contributed by atoms with Crippen molar-refractivity contribution in [2.24, 2.45) is 11.7 Å². The highest BCUT2D eigenvalue weighted by atomic mass is 16.2. The van der Waals surface area contributed by atoms with Crippen molar-refractivity contribution in [1.82, 2.24) is 0 Å². The van der Waals surface area contributed by atoms with Crippen LogP contribution in [0.5, 0.6) is 0 Å². The van der Waals surface area contributed by atoms with Crippen LogP contribution in [0.15, 0.2) is 0 Å². The van der Waals surface area contributed by atoms with E-state index in [2.05, 4.69) is 13.8 Å². The Morgan fingerprint density at radius 2 is 0.657 bits per heavy atom. The van der Waals surface area contributed by atoms with E-state index in [1.165, 1.54) is 148 Å².